The van der Waals surface area contributed by atoms with Gasteiger partial charge in [-0.25, -0.2) is 0 Å². The molecule has 108 valence electrons. The monoisotopic (exact) mass is 347 g/mol. The lowest BCUT2D eigenvalue weighted by molar-refractivity contribution is 0.102. The predicted molar refractivity (Wildman–Crippen MR) is 84.4 cm³/mol. The lowest BCUT2D eigenvalue weighted by Gasteiger charge is -2.10. The van der Waals surface area contributed by atoms with Crippen molar-refractivity contribution in [2.45, 2.75) is 13.3 Å². The topological polar surface area (TPSA) is 47.6 Å². The van der Waals surface area contributed by atoms with E-state index < -0.39 is 0 Å². The first-order valence-electron chi connectivity index (χ1n) is 6.73. The summed E-state index contributed by atoms with van der Waals surface area (Å²) in [6, 6.07) is 10.8. The number of benzene rings is 2. The van der Waals surface area contributed by atoms with Crippen LogP contribution in [-0.2, 0) is 0 Å². The van der Waals surface area contributed by atoms with Crippen LogP contribution in [0, 0.1) is 0 Å². The Bertz CT molecular complexity index is 700. The van der Waals surface area contributed by atoms with Crippen molar-refractivity contribution in [3.8, 4) is 17.2 Å². The predicted octanol–water partition coefficient (Wildman–Crippen LogP) is 4.60. The molecule has 0 unspecified atom stereocenters. The molecule has 0 aliphatic carbocycles. The molecule has 0 saturated heterocycles. The Morgan fingerprint density at radius 3 is 2.81 bits per heavy atom. The average molecular weight is 348 g/mol. The molecule has 5 heteroatoms. The van der Waals surface area contributed by atoms with Gasteiger partial charge < -0.3 is 14.8 Å². The molecule has 2 aromatic carbocycles. The number of fused-ring (bicyclic) bond motifs is 2. The minimum Gasteiger partial charge on any atom is -0.494 e. The fourth-order valence-electron chi connectivity index (χ4n) is 2.08. The number of hydrogen-bond acceptors (Lipinski definition) is 3. The van der Waals surface area contributed by atoms with E-state index in [1.807, 2.05) is 19.1 Å². The highest BCUT2D eigenvalue weighted by molar-refractivity contribution is 9.10. The highest BCUT2D eigenvalue weighted by Crippen LogP contribution is 2.38. The molecule has 3 rings (SSSR count). The van der Waals surface area contributed by atoms with Crippen LogP contribution in [0.1, 0.15) is 23.7 Å². The standard InChI is InChI=1S/C16H14BrNO3/c1-2-7-20-11-4-6-15-13(9-11)18-16(19)12-8-10(17)3-5-14(12)21-15/h3-6,8-9H,2,7H2,1H3,(H,18,19). The van der Waals surface area contributed by atoms with Crippen LogP contribution in [0.25, 0.3) is 0 Å². The molecule has 0 bridgehead atoms. The molecule has 21 heavy (non-hydrogen) atoms. The fraction of sp³-hybridized carbons (Fsp3) is 0.188. The SMILES string of the molecule is CCCOc1ccc2c(c1)NC(=O)c1cc(Br)ccc1O2. The first-order chi connectivity index (χ1) is 10.2. The number of hydrogen-bond donors (Lipinski definition) is 1. The molecule has 2 aromatic rings. The van der Waals surface area contributed by atoms with Crippen molar-refractivity contribution in [1.29, 1.82) is 0 Å². The molecule has 4 nitrogen and oxygen atoms in total. The van der Waals surface area contributed by atoms with Gasteiger partial charge in [0.15, 0.2) is 5.75 Å². The van der Waals surface area contributed by atoms with Gasteiger partial charge >= 0.3 is 0 Å². The molecular weight excluding hydrogens is 334 g/mol. The summed E-state index contributed by atoms with van der Waals surface area (Å²) in [6.07, 6.45) is 0.930. The summed E-state index contributed by atoms with van der Waals surface area (Å²) in [6.45, 7) is 2.68. The van der Waals surface area contributed by atoms with Gasteiger partial charge in [-0.15, -0.1) is 0 Å². The van der Waals surface area contributed by atoms with Crippen LogP contribution >= 0.6 is 15.9 Å². The molecule has 0 radical (unpaired) electrons. The van der Waals surface area contributed by atoms with Gasteiger partial charge in [-0.05, 0) is 36.8 Å². The quantitative estimate of drug-likeness (QED) is 0.882. The second-order valence-corrected chi connectivity index (χ2v) is 5.62. The van der Waals surface area contributed by atoms with Gasteiger partial charge in [0, 0.05) is 10.5 Å². The minimum absolute atomic E-state index is 0.197. The summed E-state index contributed by atoms with van der Waals surface area (Å²) in [4.78, 5) is 12.3. The van der Waals surface area contributed by atoms with Crippen molar-refractivity contribution >= 4 is 27.5 Å². The van der Waals surface area contributed by atoms with Gasteiger partial charge in [-0.3, -0.25) is 4.79 Å². The Kier molecular flexibility index (Phi) is 3.84. The molecule has 1 amide bonds. The molecule has 0 atom stereocenters. The summed E-state index contributed by atoms with van der Waals surface area (Å²) >= 11 is 3.36. The molecule has 1 N–H and O–H groups in total. The summed E-state index contributed by atoms with van der Waals surface area (Å²) in [7, 11) is 0. The molecule has 0 saturated carbocycles. The van der Waals surface area contributed by atoms with Gasteiger partial charge in [0.05, 0.1) is 17.9 Å². The number of anilines is 1. The Hall–Kier alpha value is -2.01. The Labute approximate surface area is 131 Å². The van der Waals surface area contributed by atoms with Gasteiger partial charge in [0.1, 0.15) is 11.5 Å². The molecule has 0 fully saturated rings. The number of carbonyl (C=O) groups excluding carboxylic acids is 1. The van der Waals surface area contributed by atoms with E-state index in [2.05, 4.69) is 21.2 Å². The molecule has 1 aliphatic heterocycles. The second kappa shape index (κ2) is 5.77. The zero-order chi connectivity index (χ0) is 14.8. The van der Waals surface area contributed by atoms with E-state index in [0.29, 0.717) is 35.1 Å². The second-order valence-electron chi connectivity index (χ2n) is 4.70. The number of rotatable bonds is 3. The normalized spacial score (nSPS) is 12.6. The number of nitrogens with one attached hydrogen (secondary N) is 1. The van der Waals surface area contributed by atoms with E-state index in [1.54, 1.807) is 24.3 Å². The fourth-order valence-corrected chi connectivity index (χ4v) is 2.44. The molecule has 0 spiro atoms. The third-order valence-corrected chi connectivity index (χ3v) is 3.57. The maximum atomic E-state index is 12.3. The van der Waals surface area contributed by atoms with E-state index >= 15 is 0 Å². The number of amides is 1. The number of carbonyl (C=O) groups is 1. The van der Waals surface area contributed by atoms with Gasteiger partial charge in [-0.2, -0.15) is 0 Å². The third-order valence-electron chi connectivity index (χ3n) is 3.08. The van der Waals surface area contributed by atoms with Gasteiger partial charge in [-0.1, -0.05) is 22.9 Å². The Morgan fingerprint density at radius 1 is 1.19 bits per heavy atom. The Balaban J connectivity index is 1.97. The molecule has 1 heterocycles. The zero-order valence-corrected chi connectivity index (χ0v) is 13.1. The number of ether oxygens (including phenoxy) is 2. The van der Waals surface area contributed by atoms with Crippen molar-refractivity contribution in [3.63, 3.8) is 0 Å². The van der Waals surface area contributed by atoms with Crippen molar-refractivity contribution in [3.05, 3.63) is 46.4 Å². The smallest absolute Gasteiger partial charge is 0.259 e. The lowest BCUT2D eigenvalue weighted by atomic mass is 10.2. The molecule has 1 aliphatic rings. The maximum Gasteiger partial charge on any atom is 0.259 e. The van der Waals surface area contributed by atoms with E-state index in [4.69, 9.17) is 9.47 Å². The van der Waals surface area contributed by atoms with Crippen LogP contribution in [0.15, 0.2) is 40.9 Å². The van der Waals surface area contributed by atoms with Crippen LogP contribution < -0.4 is 14.8 Å². The highest BCUT2D eigenvalue weighted by Gasteiger charge is 2.21. The third kappa shape index (κ3) is 2.88. The summed E-state index contributed by atoms with van der Waals surface area (Å²) in [5.41, 5.74) is 1.11. The first-order valence-corrected chi connectivity index (χ1v) is 7.52. The van der Waals surface area contributed by atoms with E-state index in [1.165, 1.54) is 0 Å². The van der Waals surface area contributed by atoms with Crippen LogP contribution in [0.3, 0.4) is 0 Å². The van der Waals surface area contributed by atoms with Crippen LogP contribution in [-0.4, -0.2) is 12.5 Å². The molecule has 0 aromatic heterocycles. The number of halogens is 1. The lowest BCUT2D eigenvalue weighted by Crippen LogP contribution is -2.10. The average Bonchev–Trinajstić information content (AvgIpc) is 2.61. The molecular formula is C16H14BrNO3. The zero-order valence-electron chi connectivity index (χ0n) is 11.5. The summed E-state index contributed by atoms with van der Waals surface area (Å²) < 4.78 is 12.2. The largest absolute Gasteiger partial charge is 0.494 e. The van der Waals surface area contributed by atoms with Crippen LogP contribution in [0.2, 0.25) is 0 Å². The van der Waals surface area contributed by atoms with Crippen molar-refractivity contribution in [2.24, 2.45) is 0 Å². The van der Waals surface area contributed by atoms with E-state index in [9.17, 15) is 4.79 Å². The van der Waals surface area contributed by atoms with Crippen molar-refractivity contribution < 1.29 is 14.3 Å². The van der Waals surface area contributed by atoms with E-state index in [-0.39, 0.29) is 5.91 Å². The van der Waals surface area contributed by atoms with Crippen LogP contribution in [0.4, 0.5) is 5.69 Å². The summed E-state index contributed by atoms with van der Waals surface area (Å²) in [5, 5.41) is 2.86. The highest BCUT2D eigenvalue weighted by atomic mass is 79.9. The first kappa shape index (κ1) is 13.9. The van der Waals surface area contributed by atoms with Crippen molar-refractivity contribution in [1.82, 2.24) is 0 Å². The Morgan fingerprint density at radius 2 is 2.00 bits per heavy atom. The van der Waals surface area contributed by atoms with Gasteiger partial charge in [0.2, 0.25) is 0 Å². The minimum atomic E-state index is -0.197. The van der Waals surface area contributed by atoms with Crippen molar-refractivity contribution in [2.75, 3.05) is 11.9 Å². The van der Waals surface area contributed by atoms with Crippen LogP contribution in [0.5, 0.6) is 17.2 Å². The van der Waals surface area contributed by atoms with Gasteiger partial charge in [0.25, 0.3) is 5.91 Å². The maximum absolute atomic E-state index is 12.3. The van der Waals surface area contributed by atoms with E-state index in [0.717, 1.165) is 10.9 Å². The summed E-state index contributed by atoms with van der Waals surface area (Å²) in [5.74, 6) is 1.66.